The summed E-state index contributed by atoms with van der Waals surface area (Å²) in [6, 6.07) is 12.2. The van der Waals surface area contributed by atoms with Crippen LogP contribution in [0.15, 0.2) is 41.3 Å². The summed E-state index contributed by atoms with van der Waals surface area (Å²) < 4.78 is 11.6. The fourth-order valence-electron chi connectivity index (χ4n) is 1.91. The molecule has 0 saturated heterocycles. The van der Waals surface area contributed by atoms with Crippen LogP contribution in [0.3, 0.4) is 0 Å². The second kappa shape index (κ2) is 4.15. The molecule has 0 heterocycles. The lowest BCUT2D eigenvalue weighted by Gasteiger charge is -2.07. The van der Waals surface area contributed by atoms with Crippen LogP contribution in [0.1, 0.15) is 12.5 Å². The van der Waals surface area contributed by atoms with Crippen molar-refractivity contribution in [1.29, 1.82) is 0 Å². The lowest BCUT2D eigenvalue weighted by molar-refractivity contribution is 0.687. The van der Waals surface area contributed by atoms with E-state index in [0.717, 1.165) is 16.7 Å². The molecule has 0 aromatic heterocycles. The summed E-state index contributed by atoms with van der Waals surface area (Å²) >= 11 is 0. The molecule has 0 radical (unpaired) electrons. The molecular weight excluding hydrogens is 204 g/mol. The van der Waals surface area contributed by atoms with Gasteiger partial charge in [0.05, 0.1) is 10.8 Å². The molecule has 2 aromatic carbocycles. The molecule has 0 fully saturated rings. The van der Waals surface area contributed by atoms with E-state index in [4.69, 9.17) is 0 Å². The first-order valence-corrected chi connectivity index (χ1v) is 6.64. The van der Waals surface area contributed by atoms with Crippen molar-refractivity contribution in [3.05, 3.63) is 42.0 Å². The topological polar surface area (TPSA) is 17.1 Å². The molecule has 1 nitrogen and oxygen atoms in total. The SMILES string of the molecule is CCc1cccc2c(S(C)=O)cccc12. The van der Waals surface area contributed by atoms with E-state index in [9.17, 15) is 4.21 Å². The molecule has 1 unspecified atom stereocenters. The zero-order valence-electron chi connectivity index (χ0n) is 8.99. The van der Waals surface area contributed by atoms with Crippen molar-refractivity contribution in [2.24, 2.45) is 0 Å². The van der Waals surface area contributed by atoms with Crippen LogP contribution >= 0.6 is 0 Å². The van der Waals surface area contributed by atoms with Gasteiger partial charge in [0.2, 0.25) is 0 Å². The predicted octanol–water partition coefficient (Wildman–Crippen LogP) is 3.14. The van der Waals surface area contributed by atoms with E-state index in [-0.39, 0.29) is 0 Å². The minimum Gasteiger partial charge on any atom is -0.255 e. The van der Waals surface area contributed by atoms with Crippen LogP contribution in [-0.4, -0.2) is 10.5 Å². The van der Waals surface area contributed by atoms with Gasteiger partial charge in [0, 0.05) is 11.2 Å². The molecule has 0 aliphatic carbocycles. The Morgan fingerprint density at radius 1 is 1.07 bits per heavy atom. The maximum atomic E-state index is 11.6. The highest BCUT2D eigenvalue weighted by molar-refractivity contribution is 7.84. The van der Waals surface area contributed by atoms with Crippen LogP contribution in [0, 0.1) is 0 Å². The zero-order chi connectivity index (χ0) is 10.8. The van der Waals surface area contributed by atoms with Crippen LogP contribution in [0.5, 0.6) is 0 Å². The molecule has 0 amide bonds. The van der Waals surface area contributed by atoms with Crippen LogP contribution in [0.4, 0.5) is 0 Å². The molecule has 2 aromatic rings. The van der Waals surface area contributed by atoms with Crippen molar-refractivity contribution in [2.75, 3.05) is 6.26 Å². The number of fused-ring (bicyclic) bond motifs is 1. The second-order valence-corrected chi connectivity index (χ2v) is 4.92. The minimum atomic E-state index is -0.914. The first kappa shape index (κ1) is 10.4. The standard InChI is InChI=1S/C13H14OS/c1-3-10-6-4-8-12-11(10)7-5-9-13(12)15(2)14/h4-9H,3H2,1-2H3. The Morgan fingerprint density at radius 3 is 2.40 bits per heavy atom. The van der Waals surface area contributed by atoms with Crippen LogP contribution < -0.4 is 0 Å². The van der Waals surface area contributed by atoms with E-state index in [1.165, 1.54) is 10.9 Å². The lowest BCUT2D eigenvalue weighted by Crippen LogP contribution is -1.91. The fourth-order valence-corrected chi connectivity index (χ4v) is 2.66. The quantitative estimate of drug-likeness (QED) is 0.757. The highest BCUT2D eigenvalue weighted by Gasteiger charge is 2.05. The Labute approximate surface area is 92.6 Å². The third-order valence-electron chi connectivity index (χ3n) is 2.66. The van der Waals surface area contributed by atoms with Gasteiger partial charge in [-0.3, -0.25) is 4.21 Å². The number of rotatable bonds is 2. The molecular formula is C13H14OS. The van der Waals surface area contributed by atoms with Crippen molar-refractivity contribution >= 4 is 21.6 Å². The van der Waals surface area contributed by atoms with Gasteiger partial charge in [0.25, 0.3) is 0 Å². The average molecular weight is 218 g/mol. The number of hydrogen-bond donors (Lipinski definition) is 0. The van der Waals surface area contributed by atoms with Crippen LogP contribution in [0.25, 0.3) is 10.8 Å². The van der Waals surface area contributed by atoms with Gasteiger partial charge in [-0.1, -0.05) is 37.3 Å². The number of aryl methyl sites for hydroxylation is 1. The Balaban J connectivity index is 2.82. The Bertz CT molecular complexity index is 517. The van der Waals surface area contributed by atoms with E-state index in [2.05, 4.69) is 19.1 Å². The second-order valence-electron chi connectivity index (χ2n) is 3.58. The van der Waals surface area contributed by atoms with Crippen molar-refractivity contribution in [3.8, 4) is 0 Å². The summed E-state index contributed by atoms with van der Waals surface area (Å²) in [5.74, 6) is 0. The van der Waals surface area contributed by atoms with Gasteiger partial charge in [0.15, 0.2) is 0 Å². The van der Waals surface area contributed by atoms with Crippen molar-refractivity contribution in [2.45, 2.75) is 18.2 Å². The van der Waals surface area contributed by atoms with Gasteiger partial charge in [-0.05, 0) is 28.8 Å². The molecule has 0 spiro atoms. The normalized spacial score (nSPS) is 12.9. The van der Waals surface area contributed by atoms with E-state index in [1.54, 1.807) is 6.26 Å². The molecule has 15 heavy (non-hydrogen) atoms. The largest absolute Gasteiger partial charge is 0.255 e. The third kappa shape index (κ3) is 1.82. The van der Waals surface area contributed by atoms with Gasteiger partial charge in [-0.25, -0.2) is 0 Å². The number of hydrogen-bond acceptors (Lipinski definition) is 1. The first-order chi connectivity index (χ1) is 7.24. The highest BCUT2D eigenvalue weighted by Crippen LogP contribution is 2.24. The highest BCUT2D eigenvalue weighted by atomic mass is 32.2. The third-order valence-corrected chi connectivity index (χ3v) is 3.64. The maximum Gasteiger partial charge on any atom is 0.0504 e. The van der Waals surface area contributed by atoms with E-state index < -0.39 is 10.8 Å². The molecule has 1 atom stereocenters. The van der Waals surface area contributed by atoms with Gasteiger partial charge < -0.3 is 0 Å². The average Bonchev–Trinajstić information content (AvgIpc) is 2.27. The van der Waals surface area contributed by atoms with Crippen LogP contribution in [0.2, 0.25) is 0 Å². The van der Waals surface area contributed by atoms with Gasteiger partial charge in [-0.15, -0.1) is 0 Å². The minimum absolute atomic E-state index is 0.914. The summed E-state index contributed by atoms with van der Waals surface area (Å²) in [5, 5.41) is 2.35. The zero-order valence-corrected chi connectivity index (χ0v) is 9.80. The van der Waals surface area contributed by atoms with Crippen molar-refractivity contribution in [1.82, 2.24) is 0 Å². The van der Waals surface area contributed by atoms with Gasteiger partial charge >= 0.3 is 0 Å². The molecule has 2 heteroatoms. The van der Waals surface area contributed by atoms with Gasteiger partial charge in [-0.2, -0.15) is 0 Å². The predicted molar refractivity (Wildman–Crippen MR) is 65.7 cm³/mol. The summed E-state index contributed by atoms with van der Waals surface area (Å²) in [6.07, 6.45) is 2.74. The van der Waals surface area contributed by atoms with E-state index in [1.807, 2.05) is 24.3 Å². The lowest BCUT2D eigenvalue weighted by atomic mass is 10.0. The molecule has 0 N–H and O–H groups in total. The van der Waals surface area contributed by atoms with Crippen molar-refractivity contribution < 1.29 is 4.21 Å². The first-order valence-electron chi connectivity index (χ1n) is 5.08. The summed E-state index contributed by atoms with van der Waals surface area (Å²) in [5.41, 5.74) is 1.32. The monoisotopic (exact) mass is 218 g/mol. The van der Waals surface area contributed by atoms with Crippen LogP contribution in [-0.2, 0) is 17.2 Å². The molecule has 2 rings (SSSR count). The smallest absolute Gasteiger partial charge is 0.0504 e. The van der Waals surface area contributed by atoms with E-state index in [0.29, 0.717) is 0 Å². The molecule has 0 aliphatic rings. The Kier molecular flexibility index (Phi) is 2.87. The molecule has 0 bridgehead atoms. The summed E-state index contributed by atoms with van der Waals surface area (Å²) in [7, 11) is -0.914. The molecule has 0 saturated carbocycles. The maximum absolute atomic E-state index is 11.6. The van der Waals surface area contributed by atoms with E-state index >= 15 is 0 Å². The van der Waals surface area contributed by atoms with Crippen molar-refractivity contribution in [3.63, 3.8) is 0 Å². The Morgan fingerprint density at radius 2 is 1.73 bits per heavy atom. The summed E-state index contributed by atoms with van der Waals surface area (Å²) in [6.45, 7) is 2.14. The van der Waals surface area contributed by atoms with Gasteiger partial charge in [0.1, 0.15) is 0 Å². The Hall–Kier alpha value is -1.15. The summed E-state index contributed by atoms with van der Waals surface area (Å²) in [4.78, 5) is 0.933. The number of benzene rings is 2. The molecule has 78 valence electrons. The molecule has 0 aliphatic heterocycles. The fraction of sp³-hybridized carbons (Fsp3) is 0.231.